The van der Waals surface area contributed by atoms with Crippen LogP contribution < -0.4 is 5.32 Å². The zero-order valence-corrected chi connectivity index (χ0v) is 14.0. The van der Waals surface area contributed by atoms with E-state index in [1.54, 1.807) is 0 Å². The van der Waals surface area contributed by atoms with Gasteiger partial charge in [-0.2, -0.15) is 0 Å². The zero-order chi connectivity index (χ0) is 18.0. The van der Waals surface area contributed by atoms with Crippen molar-refractivity contribution in [2.75, 3.05) is 39.4 Å². The summed E-state index contributed by atoms with van der Waals surface area (Å²) in [6.07, 6.45) is 0. The lowest BCUT2D eigenvalue weighted by atomic mass is 9.92. The number of carbonyl (C=O) groups excluding carboxylic acids is 2. The van der Waals surface area contributed by atoms with Crippen LogP contribution in [0.25, 0.3) is 0 Å². The number of nitrogens with one attached hydrogen (secondary N) is 1. The van der Waals surface area contributed by atoms with E-state index in [-0.39, 0.29) is 27.5 Å². The molecule has 1 aromatic rings. The van der Waals surface area contributed by atoms with Gasteiger partial charge < -0.3 is 10.1 Å². The topological polar surface area (TPSA) is 102 Å². The molecule has 0 radical (unpaired) electrons. The van der Waals surface area contributed by atoms with Crippen LogP contribution in [-0.4, -0.2) is 60.8 Å². The first-order chi connectivity index (χ1) is 12.0. The third-order valence-corrected chi connectivity index (χ3v) is 4.54. The first kappa shape index (κ1) is 17.5. The van der Waals surface area contributed by atoms with Crippen LogP contribution in [0.2, 0.25) is 0 Å². The first-order valence-corrected chi connectivity index (χ1v) is 8.18. The summed E-state index contributed by atoms with van der Waals surface area (Å²) in [6, 6.07) is 3.58. The summed E-state index contributed by atoms with van der Waals surface area (Å²) in [5.41, 5.74) is -0.133. The number of ether oxygens (including phenoxy) is 1. The molecule has 2 aliphatic rings. The van der Waals surface area contributed by atoms with Crippen LogP contribution in [0.4, 0.5) is 5.69 Å². The van der Waals surface area contributed by atoms with Gasteiger partial charge in [-0.15, -0.1) is 0 Å². The van der Waals surface area contributed by atoms with Gasteiger partial charge in [0, 0.05) is 49.4 Å². The van der Waals surface area contributed by atoms with E-state index >= 15 is 0 Å². The van der Waals surface area contributed by atoms with Gasteiger partial charge in [-0.3, -0.25) is 24.6 Å². The van der Waals surface area contributed by atoms with Gasteiger partial charge in [0.2, 0.25) is 11.6 Å². The van der Waals surface area contributed by atoms with Gasteiger partial charge in [-0.05, 0) is 6.07 Å². The van der Waals surface area contributed by atoms with Crippen molar-refractivity contribution in [1.29, 1.82) is 0 Å². The maximum Gasteiger partial charge on any atom is 0.270 e. The lowest BCUT2D eigenvalue weighted by Crippen LogP contribution is -2.41. The van der Waals surface area contributed by atoms with Gasteiger partial charge in [0.1, 0.15) is 10.7 Å². The fraction of sp³-hybridized carbons (Fsp3) is 0.375. The number of nitrogens with zero attached hydrogens (tertiary/aromatic N) is 2. The van der Waals surface area contributed by atoms with Gasteiger partial charge in [0.25, 0.3) is 5.69 Å². The third kappa shape index (κ3) is 3.55. The summed E-state index contributed by atoms with van der Waals surface area (Å²) >= 11 is 6.05. The second-order valence-electron chi connectivity index (χ2n) is 5.72. The highest BCUT2D eigenvalue weighted by molar-refractivity contribution is 6.50. The number of hydrogen-bond donors (Lipinski definition) is 1. The van der Waals surface area contributed by atoms with Crippen LogP contribution >= 0.6 is 11.6 Å². The Kier molecular flexibility index (Phi) is 5.12. The molecule has 1 aromatic carbocycles. The van der Waals surface area contributed by atoms with Gasteiger partial charge in [0.15, 0.2) is 0 Å². The van der Waals surface area contributed by atoms with E-state index in [1.165, 1.54) is 12.1 Å². The number of nitro groups is 1. The number of halogens is 1. The normalized spacial score (nSPS) is 18.3. The van der Waals surface area contributed by atoms with E-state index in [2.05, 4.69) is 10.2 Å². The molecular weight excluding hydrogens is 350 g/mol. The molecule has 132 valence electrons. The van der Waals surface area contributed by atoms with Crippen molar-refractivity contribution in [2.24, 2.45) is 0 Å². The number of Topliss-reactive ketones (excluding diaryl/α,β-unsaturated/α-hetero) is 2. The van der Waals surface area contributed by atoms with Crippen molar-refractivity contribution >= 4 is 28.9 Å². The Labute approximate surface area is 148 Å². The van der Waals surface area contributed by atoms with Gasteiger partial charge >= 0.3 is 0 Å². The average molecular weight is 366 g/mol. The molecule has 0 atom stereocenters. The van der Waals surface area contributed by atoms with Crippen LogP contribution in [-0.2, 0) is 4.74 Å². The van der Waals surface area contributed by atoms with E-state index in [9.17, 15) is 19.7 Å². The standard InChI is InChI=1S/C16H16ClN3O5/c17-13-14(18-3-4-19-5-7-25-8-6-19)16(22)11-2-1-10(20(23)24)9-12(11)15(13)21/h1-2,9,18H,3-8H2. The molecule has 1 saturated heterocycles. The highest BCUT2D eigenvalue weighted by Gasteiger charge is 2.32. The van der Waals surface area contributed by atoms with E-state index in [1.807, 2.05) is 0 Å². The molecule has 0 aromatic heterocycles. The minimum atomic E-state index is -0.619. The summed E-state index contributed by atoms with van der Waals surface area (Å²) in [5, 5.41) is 13.6. The molecule has 0 bridgehead atoms. The van der Waals surface area contributed by atoms with Crippen molar-refractivity contribution in [1.82, 2.24) is 10.2 Å². The highest BCUT2D eigenvalue weighted by Crippen LogP contribution is 2.29. The van der Waals surface area contributed by atoms with Crippen LogP contribution in [0.1, 0.15) is 20.7 Å². The lowest BCUT2D eigenvalue weighted by Gasteiger charge is -2.27. The van der Waals surface area contributed by atoms with E-state index in [4.69, 9.17) is 16.3 Å². The molecule has 8 nitrogen and oxygen atoms in total. The fourth-order valence-corrected chi connectivity index (χ4v) is 3.07. The Hall–Kier alpha value is -2.29. The second-order valence-corrected chi connectivity index (χ2v) is 6.09. The number of benzene rings is 1. The van der Waals surface area contributed by atoms with Gasteiger partial charge in [-0.25, -0.2) is 0 Å². The summed E-state index contributed by atoms with van der Waals surface area (Å²) in [6.45, 7) is 4.11. The van der Waals surface area contributed by atoms with E-state index < -0.39 is 16.5 Å². The Bertz CT molecular complexity index is 771. The predicted octanol–water partition coefficient (Wildman–Crippen LogP) is 1.35. The van der Waals surface area contributed by atoms with Gasteiger partial charge in [-0.1, -0.05) is 11.6 Å². The Morgan fingerprint density at radius 3 is 2.60 bits per heavy atom. The van der Waals surface area contributed by atoms with Crippen LogP contribution in [0, 0.1) is 10.1 Å². The van der Waals surface area contributed by atoms with Crippen LogP contribution in [0.3, 0.4) is 0 Å². The molecule has 9 heteroatoms. The van der Waals surface area contributed by atoms with E-state index in [0.29, 0.717) is 26.3 Å². The minimum absolute atomic E-state index is 0.0390. The number of nitro benzene ring substituents is 1. The van der Waals surface area contributed by atoms with Crippen molar-refractivity contribution in [3.8, 4) is 0 Å². The van der Waals surface area contributed by atoms with E-state index in [0.717, 1.165) is 19.2 Å². The SMILES string of the molecule is O=C1C(Cl)=C(NCCN2CCOCC2)C(=O)c2ccc([N+](=O)[O-])cc21. The second kappa shape index (κ2) is 7.30. The van der Waals surface area contributed by atoms with Crippen molar-refractivity contribution in [3.63, 3.8) is 0 Å². The summed E-state index contributed by atoms with van der Waals surface area (Å²) in [7, 11) is 0. The number of ketones is 2. The first-order valence-electron chi connectivity index (χ1n) is 7.80. The molecule has 1 aliphatic heterocycles. The highest BCUT2D eigenvalue weighted by atomic mass is 35.5. The monoisotopic (exact) mass is 365 g/mol. The molecule has 0 amide bonds. The Morgan fingerprint density at radius 2 is 1.92 bits per heavy atom. The molecule has 25 heavy (non-hydrogen) atoms. The van der Waals surface area contributed by atoms with Gasteiger partial charge in [0.05, 0.1) is 18.1 Å². The van der Waals surface area contributed by atoms with Crippen molar-refractivity contribution in [2.45, 2.75) is 0 Å². The lowest BCUT2D eigenvalue weighted by molar-refractivity contribution is -0.384. The number of non-ortho nitro benzene ring substituents is 1. The number of hydrogen-bond acceptors (Lipinski definition) is 7. The quantitative estimate of drug-likeness (QED) is 0.620. The zero-order valence-electron chi connectivity index (χ0n) is 13.3. The molecule has 1 N–H and O–H groups in total. The molecule has 3 rings (SSSR count). The Morgan fingerprint density at radius 1 is 1.20 bits per heavy atom. The van der Waals surface area contributed by atoms with Crippen molar-refractivity contribution in [3.05, 3.63) is 50.2 Å². The van der Waals surface area contributed by atoms with Crippen LogP contribution in [0.15, 0.2) is 28.9 Å². The predicted molar refractivity (Wildman–Crippen MR) is 89.9 cm³/mol. The van der Waals surface area contributed by atoms with Crippen molar-refractivity contribution < 1.29 is 19.2 Å². The summed E-state index contributed by atoms with van der Waals surface area (Å²) in [4.78, 5) is 37.4. The number of fused-ring (bicyclic) bond motifs is 1. The average Bonchev–Trinajstić information content (AvgIpc) is 2.63. The maximum atomic E-state index is 12.6. The number of allylic oxidation sites excluding steroid dienone is 2. The summed E-state index contributed by atoms with van der Waals surface area (Å²) < 4.78 is 5.27. The molecule has 0 unspecified atom stereocenters. The molecule has 0 spiro atoms. The molecule has 1 fully saturated rings. The van der Waals surface area contributed by atoms with Crippen LogP contribution in [0.5, 0.6) is 0 Å². The Balaban J connectivity index is 1.75. The molecule has 1 heterocycles. The largest absolute Gasteiger partial charge is 0.379 e. The third-order valence-electron chi connectivity index (χ3n) is 4.18. The number of rotatable bonds is 5. The fourth-order valence-electron chi connectivity index (χ4n) is 2.82. The molecule has 0 saturated carbocycles. The molecular formula is C16H16ClN3O5. The number of morpholine rings is 1. The molecule has 1 aliphatic carbocycles. The minimum Gasteiger partial charge on any atom is -0.379 e. The smallest absolute Gasteiger partial charge is 0.270 e. The number of carbonyl (C=O) groups is 2. The summed E-state index contributed by atoms with van der Waals surface area (Å²) in [5.74, 6) is -1.02. The maximum absolute atomic E-state index is 12.6.